The maximum atomic E-state index is 12.5. The highest BCUT2D eigenvalue weighted by molar-refractivity contribution is 7.89. The number of nitrogens with zero attached hydrogens (tertiary/aromatic N) is 2. The molecule has 0 aliphatic heterocycles. The molecule has 0 aliphatic rings. The van der Waals surface area contributed by atoms with Crippen molar-refractivity contribution in [3.8, 4) is 22.8 Å². The fraction of sp³-hybridized carbons (Fsp3) is 0.238. The lowest BCUT2D eigenvalue weighted by molar-refractivity contribution is 0.355. The number of ether oxygens (including phenoxy) is 2. The van der Waals surface area contributed by atoms with Gasteiger partial charge in [-0.1, -0.05) is 25.5 Å². The fourth-order valence-electron chi connectivity index (χ4n) is 2.96. The van der Waals surface area contributed by atoms with Crippen LogP contribution in [0, 0.1) is 0 Å². The number of rotatable bonds is 9. The summed E-state index contributed by atoms with van der Waals surface area (Å²) < 4.78 is 35.5. The molecule has 2 aromatic carbocycles. The van der Waals surface area contributed by atoms with E-state index >= 15 is 0 Å². The Bertz CT molecular complexity index is 1120. The first-order chi connectivity index (χ1) is 14.5. The monoisotopic (exact) mass is 428 g/mol. The number of aromatic amines is 1. The van der Waals surface area contributed by atoms with Gasteiger partial charge in [0.2, 0.25) is 0 Å². The molecule has 30 heavy (non-hydrogen) atoms. The number of aromatic nitrogens is 2. The van der Waals surface area contributed by atoms with Gasteiger partial charge >= 0.3 is 0 Å². The number of hydrazone groups is 1. The summed E-state index contributed by atoms with van der Waals surface area (Å²) in [6, 6.07) is 12.2. The number of sulfonamides is 1. The highest BCUT2D eigenvalue weighted by Gasteiger charge is 2.13. The van der Waals surface area contributed by atoms with E-state index in [2.05, 4.69) is 27.1 Å². The van der Waals surface area contributed by atoms with Crippen LogP contribution >= 0.6 is 0 Å². The first-order valence-corrected chi connectivity index (χ1v) is 10.9. The number of H-pyrrole nitrogens is 1. The van der Waals surface area contributed by atoms with E-state index < -0.39 is 10.0 Å². The van der Waals surface area contributed by atoms with E-state index in [9.17, 15) is 8.42 Å². The maximum Gasteiger partial charge on any atom is 0.276 e. The van der Waals surface area contributed by atoms with Crippen molar-refractivity contribution in [2.24, 2.45) is 5.10 Å². The van der Waals surface area contributed by atoms with E-state index in [1.54, 1.807) is 44.7 Å². The van der Waals surface area contributed by atoms with Gasteiger partial charge in [0.15, 0.2) is 11.5 Å². The Morgan fingerprint density at radius 1 is 1.10 bits per heavy atom. The minimum Gasteiger partial charge on any atom is -0.493 e. The van der Waals surface area contributed by atoms with Gasteiger partial charge in [0.25, 0.3) is 10.0 Å². The lowest BCUT2D eigenvalue weighted by Crippen LogP contribution is -2.18. The van der Waals surface area contributed by atoms with Crippen LogP contribution in [0.4, 0.5) is 0 Å². The summed E-state index contributed by atoms with van der Waals surface area (Å²) >= 11 is 0. The van der Waals surface area contributed by atoms with E-state index in [0.717, 1.165) is 24.0 Å². The van der Waals surface area contributed by atoms with Gasteiger partial charge < -0.3 is 9.47 Å². The molecular weight excluding hydrogens is 404 g/mol. The van der Waals surface area contributed by atoms with Gasteiger partial charge in [0.05, 0.1) is 37.2 Å². The third-order valence-electron chi connectivity index (χ3n) is 4.49. The maximum absolute atomic E-state index is 12.5. The molecule has 1 heterocycles. The van der Waals surface area contributed by atoms with Crippen LogP contribution in [0.1, 0.15) is 24.5 Å². The van der Waals surface area contributed by atoms with Crippen molar-refractivity contribution < 1.29 is 17.9 Å². The van der Waals surface area contributed by atoms with Crippen LogP contribution < -0.4 is 14.3 Å². The van der Waals surface area contributed by atoms with Crippen molar-refractivity contribution in [1.29, 1.82) is 0 Å². The van der Waals surface area contributed by atoms with Gasteiger partial charge in [-0.05, 0) is 42.3 Å². The zero-order valence-electron chi connectivity index (χ0n) is 17.0. The normalized spacial score (nSPS) is 11.6. The number of aryl methyl sites for hydroxylation is 1. The van der Waals surface area contributed by atoms with Crippen molar-refractivity contribution in [2.45, 2.75) is 24.7 Å². The van der Waals surface area contributed by atoms with Crippen LogP contribution in [0.25, 0.3) is 11.3 Å². The second kappa shape index (κ2) is 9.45. The van der Waals surface area contributed by atoms with Gasteiger partial charge in [0, 0.05) is 11.1 Å². The molecule has 8 nitrogen and oxygen atoms in total. The molecule has 3 rings (SSSR count). The van der Waals surface area contributed by atoms with Gasteiger partial charge in [-0.25, -0.2) is 4.83 Å². The molecule has 0 unspecified atom stereocenters. The molecule has 0 aliphatic carbocycles. The van der Waals surface area contributed by atoms with Crippen molar-refractivity contribution in [3.05, 3.63) is 59.8 Å². The van der Waals surface area contributed by atoms with Gasteiger partial charge in [0.1, 0.15) is 0 Å². The van der Waals surface area contributed by atoms with Gasteiger partial charge in [-0.15, -0.1) is 0 Å². The number of methoxy groups -OCH3 is 2. The van der Waals surface area contributed by atoms with Crippen molar-refractivity contribution >= 4 is 16.2 Å². The van der Waals surface area contributed by atoms with Crippen LogP contribution in [-0.4, -0.2) is 39.0 Å². The van der Waals surface area contributed by atoms with Crippen LogP contribution in [0.5, 0.6) is 11.5 Å². The minimum atomic E-state index is -3.76. The van der Waals surface area contributed by atoms with Crippen molar-refractivity contribution in [2.75, 3.05) is 14.2 Å². The summed E-state index contributed by atoms with van der Waals surface area (Å²) in [6.07, 6.45) is 4.87. The average molecular weight is 429 g/mol. The molecule has 0 spiro atoms. The van der Waals surface area contributed by atoms with Crippen molar-refractivity contribution in [3.63, 3.8) is 0 Å². The Kier molecular flexibility index (Phi) is 6.73. The summed E-state index contributed by atoms with van der Waals surface area (Å²) in [6.45, 7) is 2.08. The fourth-order valence-corrected chi connectivity index (χ4v) is 3.75. The lowest BCUT2D eigenvalue weighted by Gasteiger charge is -2.09. The van der Waals surface area contributed by atoms with Gasteiger partial charge in [-0.3, -0.25) is 5.10 Å². The number of hydrogen-bond donors (Lipinski definition) is 2. The topological polar surface area (TPSA) is 106 Å². The Morgan fingerprint density at radius 2 is 1.83 bits per heavy atom. The molecule has 0 atom stereocenters. The third-order valence-corrected chi connectivity index (χ3v) is 5.73. The highest BCUT2D eigenvalue weighted by Crippen LogP contribution is 2.32. The third kappa shape index (κ3) is 4.80. The molecule has 0 amide bonds. The molecule has 0 saturated carbocycles. The zero-order valence-corrected chi connectivity index (χ0v) is 17.9. The molecule has 9 heteroatoms. The molecule has 0 radical (unpaired) electrons. The molecule has 0 bridgehead atoms. The van der Waals surface area contributed by atoms with Crippen LogP contribution in [-0.2, 0) is 16.4 Å². The number of hydrogen-bond acceptors (Lipinski definition) is 6. The first-order valence-electron chi connectivity index (χ1n) is 9.38. The summed E-state index contributed by atoms with van der Waals surface area (Å²) in [4.78, 5) is 2.40. The quantitative estimate of drug-likeness (QED) is 0.402. The summed E-state index contributed by atoms with van der Waals surface area (Å²) in [5.74, 6) is 1.17. The second-order valence-electron chi connectivity index (χ2n) is 6.52. The van der Waals surface area contributed by atoms with E-state index in [4.69, 9.17) is 9.47 Å². The summed E-state index contributed by atoms with van der Waals surface area (Å²) in [7, 11) is -0.637. The molecule has 3 aromatic rings. The summed E-state index contributed by atoms with van der Waals surface area (Å²) in [5.41, 5.74) is 3.17. The van der Waals surface area contributed by atoms with E-state index in [1.165, 1.54) is 6.21 Å². The molecule has 158 valence electrons. The standard InChI is InChI=1S/C21H24N4O4S/c1-4-5-15-6-9-18(10-7-15)30(26,27)25-23-14-17-13-22-24-21(17)16-8-11-19(28-2)20(12-16)29-3/h6-14,25H,4-5H2,1-3H3,(H,22,24)/b23-14+. The summed E-state index contributed by atoms with van der Waals surface area (Å²) in [5, 5.41) is 10.8. The zero-order chi connectivity index (χ0) is 21.6. The Balaban J connectivity index is 1.77. The number of nitrogens with one attached hydrogen (secondary N) is 2. The second-order valence-corrected chi connectivity index (χ2v) is 8.18. The van der Waals surface area contributed by atoms with Gasteiger partial charge in [-0.2, -0.15) is 18.6 Å². The van der Waals surface area contributed by atoms with E-state index in [0.29, 0.717) is 22.8 Å². The molecule has 0 saturated heterocycles. The average Bonchev–Trinajstić information content (AvgIpc) is 3.22. The molecule has 0 fully saturated rings. The predicted molar refractivity (Wildman–Crippen MR) is 115 cm³/mol. The van der Waals surface area contributed by atoms with Crippen LogP contribution in [0.15, 0.2) is 58.7 Å². The van der Waals surface area contributed by atoms with E-state index in [1.807, 2.05) is 18.2 Å². The van der Waals surface area contributed by atoms with E-state index in [-0.39, 0.29) is 4.90 Å². The van der Waals surface area contributed by atoms with Crippen LogP contribution in [0.2, 0.25) is 0 Å². The largest absolute Gasteiger partial charge is 0.493 e. The van der Waals surface area contributed by atoms with Crippen LogP contribution in [0.3, 0.4) is 0 Å². The smallest absolute Gasteiger partial charge is 0.276 e. The molecule has 1 aromatic heterocycles. The first kappa shape index (κ1) is 21.4. The minimum absolute atomic E-state index is 0.159. The van der Waals surface area contributed by atoms with Crippen molar-refractivity contribution in [1.82, 2.24) is 15.0 Å². The molecule has 2 N–H and O–H groups in total. The lowest BCUT2D eigenvalue weighted by atomic mass is 10.1. The SMILES string of the molecule is CCCc1ccc(S(=O)(=O)N/N=C/c2cn[nH]c2-c2ccc(OC)c(OC)c2)cc1. The Hall–Kier alpha value is -3.33. The molecular formula is C21H24N4O4S. The predicted octanol–water partition coefficient (Wildman–Crippen LogP) is 3.36. The Labute approximate surface area is 176 Å². The number of benzene rings is 2. The highest BCUT2D eigenvalue weighted by atomic mass is 32.2. The Morgan fingerprint density at radius 3 is 2.50 bits per heavy atom.